The summed E-state index contributed by atoms with van der Waals surface area (Å²) in [5.74, 6) is -0.205. The van der Waals surface area contributed by atoms with Gasteiger partial charge in [-0.3, -0.25) is 0 Å². The summed E-state index contributed by atoms with van der Waals surface area (Å²) in [5, 5.41) is 2.65. The number of hydrogen-bond donors (Lipinski definition) is 0. The third-order valence-electron chi connectivity index (χ3n) is 4.31. The summed E-state index contributed by atoms with van der Waals surface area (Å²) in [7, 11) is -0.223. The zero-order valence-electron chi connectivity index (χ0n) is 12.8. The van der Waals surface area contributed by atoms with Gasteiger partial charge in [-0.2, -0.15) is 0 Å². The van der Waals surface area contributed by atoms with E-state index in [1.165, 1.54) is 16.0 Å². The molecule has 1 aromatic heterocycles. The predicted octanol–water partition coefficient (Wildman–Crippen LogP) is 2.31. The minimum absolute atomic E-state index is 0.205. The van der Waals surface area contributed by atoms with Crippen LogP contribution in [0, 0.1) is 5.82 Å². The maximum absolute atomic E-state index is 13.5. The molecule has 0 radical (unpaired) electrons. The zero-order valence-corrected chi connectivity index (χ0v) is 13.8. The molecular formula is C19H20FNP+. The van der Waals surface area contributed by atoms with Gasteiger partial charge in [-0.1, -0.05) is 0 Å². The van der Waals surface area contributed by atoms with Gasteiger partial charge < -0.3 is 0 Å². The first-order valence-corrected chi connectivity index (χ1v) is 9.89. The van der Waals surface area contributed by atoms with Crippen LogP contribution in [0.15, 0.2) is 79.0 Å². The van der Waals surface area contributed by atoms with Crippen molar-refractivity contribution >= 4 is 23.3 Å². The van der Waals surface area contributed by atoms with Gasteiger partial charge in [0.2, 0.25) is 0 Å². The van der Waals surface area contributed by atoms with Crippen molar-refractivity contribution in [3.8, 4) is 0 Å². The van der Waals surface area contributed by atoms with Crippen molar-refractivity contribution in [2.24, 2.45) is 7.05 Å². The van der Waals surface area contributed by atoms with E-state index in [1.807, 2.05) is 29.8 Å². The van der Waals surface area contributed by atoms with Gasteiger partial charge in [-0.05, 0) is 0 Å². The summed E-state index contributed by atoms with van der Waals surface area (Å²) >= 11 is 0. The van der Waals surface area contributed by atoms with E-state index in [1.54, 1.807) is 12.3 Å². The fourth-order valence-corrected chi connectivity index (χ4v) is 6.93. The van der Waals surface area contributed by atoms with Gasteiger partial charge in [-0.25, -0.2) is 0 Å². The Labute approximate surface area is 131 Å². The van der Waals surface area contributed by atoms with Gasteiger partial charge in [0.15, 0.2) is 0 Å². The topological polar surface area (TPSA) is 3.88 Å². The first-order chi connectivity index (χ1) is 10.6. The molecule has 0 unspecified atom stereocenters. The van der Waals surface area contributed by atoms with Gasteiger partial charge in [0.05, 0.1) is 0 Å². The third kappa shape index (κ3) is 2.55. The van der Waals surface area contributed by atoms with Gasteiger partial charge in [-0.15, -0.1) is 0 Å². The Morgan fingerprint density at radius 1 is 0.773 bits per heavy atom. The fourth-order valence-electron chi connectivity index (χ4n) is 3.10. The monoisotopic (exact) mass is 312 g/mol. The molecule has 1 heterocycles. The first kappa shape index (κ1) is 14.9. The van der Waals surface area contributed by atoms with E-state index in [0.717, 1.165) is 0 Å². The molecule has 0 amide bonds. The SMILES string of the molecule is C[n+]1cc(F)ccc1[PH](C)(c1ccccc1)c1ccccc1. The van der Waals surface area contributed by atoms with Gasteiger partial charge >= 0.3 is 131 Å². The van der Waals surface area contributed by atoms with E-state index in [-0.39, 0.29) is 5.82 Å². The van der Waals surface area contributed by atoms with Crippen LogP contribution in [0.2, 0.25) is 0 Å². The molecule has 22 heavy (non-hydrogen) atoms. The average molecular weight is 312 g/mol. The number of aryl methyl sites for hydroxylation is 1. The van der Waals surface area contributed by atoms with Crippen LogP contribution < -0.4 is 20.6 Å². The van der Waals surface area contributed by atoms with Crippen LogP contribution in [0.5, 0.6) is 0 Å². The number of benzene rings is 2. The Hall–Kier alpha value is -2.05. The number of rotatable bonds is 3. The number of halogens is 1. The summed E-state index contributed by atoms with van der Waals surface area (Å²) in [5.41, 5.74) is 1.19. The van der Waals surface area contributed by atoms with Crippen molar-refractivity contribution in [3.05, 3.63) is 84.8 Å². The zero-order chi connectivity index (χ0) is 15.6. The molecule has 1 nitrogen and oxygen atoms in total. The Balaban J connectivity index is 2.28. The molecule has 112 valence electrons. The van der Waals surface area contributed by atoms with Crippen LogP contribution in [0.3, 0.4) is 0 Å². The quantitative estimate of drug-likeness (QED) is 0.516. The molecule has 0 aliphatic heterocycles. The Morgan fingerprint density at radius 2 is 1.27 bits per heavy atom. The molecule has 0 aliphatic carbocycles. The van der Waals surface area contributed by atoms with Crippen LogP contribution in [0.4, 0.5) is 4.39 Å². The number of nitrogens with zero attached hydrogens (tertiary/aromatic N) is 1. The van der Waals surface area contributed by atoms with Crippen LogP contribution in [0.1, 0.15) is 0 Å². The number of pyridine rings is 1. The van der Waals surface area contributed by atoms with Gasteiger partial charge in [0, 0.05) is 0 Å². The van der Waals surface area contributed by atoms with Crippen molar-refractivity contribution < 1.29 is 8.96 Å². The van der Waals surface area contributed by atoms with E-state index in [0.29, 0.717) is 0 Å². The standard InChI is InChI=1S/C19H20FNP/c1-21-15-16(20)13-14-19(21)22(2,17-9-5-3-6-10-17)18-11-7-4-8-12-18/h3-15,22H,1-2H3/q+1. The molecule has 0 atom stereocenters. The molecule has 0 saturated heterocycles. The van der Waals surface area contributed by atoms with Crippen LogP contribution in [-0.2, 0) is 7.05 Å². The fraction of sp³-hybridized carbons (Fsp3) is 0.105. The van der Waals surface area contributed by atoms with E-state index in [4.69, 9.17) is 0 Å². The second-order valence-electron chi connectivity index (χ2n) is 5.70. The third-order valence-corrected chi connectivity index (χ3v) is 8.83. The Morgan fingerprint density at radius 3 is 1.73 bits per heavy atom. The van der Waals surface area contributed by atoms with Crippen molar-refractivity contribution in [1.82, 2.24) is 0 Å². The number of aromatic nitrogens is 1. The molecule has 3 heteroatoms. The second-order valence-corrected chi connectivity index (χ2v) is 9.62. The molecule has 3 aromatic rings. The minimum atomic E-state index is -2.15. The predicted molar refractivity (Wildman–Crippen MR) is 93.6 cm³/mol. The molecule has 0 N–H and O–H groups in total. The van der Waals surface area contributed by atoms with Crippen molar-refractivity contribution in [2.45, 2.75) is 0 Å². The summed E-state index contributed by atoms with van der Waals surface area (Å²) in [6, 6.07) is 24.6. The van der Waals surface area contributed by atoms with E-state index in [9.17, 15) is 4.39 Å². The summed E-state index contributed by atoms with van der Waals surface area (Å²) in [6.45, 7) is 2.32. The average Bonchev–Trinajstić information content (AvgIpc) is 2.56. The first-order valence-electron chi connectivity index (χ1n) is 7.39. The molecule has 0 aliphatic rings. The van der Waals surface area contributed by atoms with E-state index < -0.39 is 7.26 Å². The van der Waals surface area contributed by atoms with Crippen molar-refractivity contribution in [1.29, 1.82) is 0 Å². The molecule has 0 fully saturated rings. The van der Waals surface area contributed by atoms with Gasteiger partial charge in [0.1, 0.15) is 0 Å². The molecule has 0 saturated carbocycles. The van der Waals surface area contributed by atoms with E-state index in [2.05, 4.69) is 55.2 Å². The Bertz CT molecular complexity index is 732. The second kappa shape index (κ2) is 5.98. The molecule has 3 rings (SSSR count). The van der Waals surface area contributed by atoms with Crippen molar-refractivity contribution in [2.75, 3.05) is 6.66 Å². The molecular weight excluding hydrogens is 292 g/mol. The summed E-state index contributed by atoms with van der Waals surface area (Å²) in [6.07, 6.45) is 1.56. The van der Waals surface area contributed by atoms with Crippen molar-refractivity contribution in [3.63, 3.8) is 0 Å². The van der Waals surface area contributed by atoms with E-state index >= 15 is 0 Å². The molecule has 0 bridgehead atoms. The van der Waals surface area contributed by atoms with Gasteiger partial charge in [0.25, 0.3) is 0 Å². The summed E-state index contributed by atoms with van der Waals surface area (Å²) < 4.78 is 15.5. The summed E-state index contributed by atoms with van der Waals surface area (Å²) in [4.78, 5) is 0. The molecule has 2 aromatic carbocycles. The van der Waals surface area contributed by atoms with Crippen LogP contribution >= 0.6 is 7.26 Å². The van der Waals surface area contributed by atoms with Crippen LogP contribution in [-0.4, -0.2) is 6.66 Å². The Kier molecular flexibility index (Phi) is 4.04. The number of hydrogen-bond acceptors (Lipinski definition) is 0. The maximum atomic E-state index is 13.5. The molecule has 0 spiro atoms. The normalized spacial score (nSPS) is 12.1. The van der Waals surface area contributed by atoms with Crippen LogP contribution in [0.25, 0.3) is 0 Å².